The first kappa shape index (κ1) is 18.3. The van der Waals surface area contributed by atoms with Gasteiger partial charge in [0.1, 0.15) is 0 Å². The van der Waals surface area contributed by atoms with E-state index >= 15 is 0 Å². The van der Waals surface area contributed by atoms with E-state index in [1.807, 2.05) is 0 Å². The van der Waals surface area contributed by atoms with Gasteiger partial charge in [0, 0.05) is 25.6 Å². The summed E-state index contributed by atoms with van der Waals surface area (Å²) in [7, 11) is 0. The molecule has 0 radical (unpaired) electrons. The zero-order chi connectivity index (χ0) is 15.7. The van der Waals surface area contributed by atoms with Gasteiger partial charge in [0.25, 0.3) is 0 Å². The molecule has 2 aliphatic rings. The average Bonchev–Trinajstić information content (AvgIpc) is 3.08. The van der Waals surface area contributed by atoms with Gasteiger partial charge in [-0.2, -0.15) is 0 Å². The first-order chi connectivity index (χ1) is 10.5. The fraction of sp³-hybridized carbons (Fsp3) is 0.632. The third kappa shape index (κ3) is 4.07. The molecule has 1 amide bonds. The average molecular weight is 337 g/mol. The summed E-state index contributed by atoms with van der Waals surface area (Å²) in [5.41, 5.74) is 8.76. The Morgan fingerprint density at radius 3 is 2.52 bits per heavy atom. The molecule has 4 heteroatoms. The first-order valence-corrected chi connectivity index (χ1v) is 8.67. The van der Waals surface area contributed by atoms with Crippen LogP contribution in [0, 0.1) is 11.8 Å². The fourth-order valence-corrected chi connectivity index (χ4v) is 3.99. The SMILES string of the molecule is CC(C)c1ccc(CCC(=O)N2CC3CCC(N)C3C2)cc1.Cl. The van der Waals surface area contributed by atoms with Crippen molar-refractivity contribution in [2.45, 2.75) is 51.5 Å². The van der Waals surface area contributed by atoms with E-state index in [1.54, 1.807) is 0 Å². The van der Waals surface area contributed by atoms with Crippen molar-refractivity contribution in [1.82, 2.24) is 4.90 Å². The largest absolute Gasteiger partial charge is 0.342 e. The summed E-state index contributed by atoms with van der Waals surface area (Å²) < 4.78 is 0. The molecule has 0 aromatic heterocycles. The molecule has 2 fully saturated rings. The Balaban J connectivity index is 0.00000192. The quantitative estimate of drug-likeness (QED) is 0.916. The molecule has 1 aromatic rings. The van der Waals surface area contributed by atoms with E-state index in [4.69, 9.17) is 5.73 Å². The van der Waals surface area contributed by atoms with Crippen LogP contribution in [-0.2, 0) is 11.2 Å². The number of aryl methyl sites for hydroxylation is 1. The minimum absolute atomic E-state index is 0. The van der Waals surface area contributed by atoms with E-state index in [-0.39, 0.29) is 12.4 Å². The van der Waals surface area contributed by atoms with Crippen LogP contribution in [0.2, 0.25) is 0 Å². The number of hydrogen-bond acceptors (Lipinski definition) is 2. The zero-order valence-corrected chi connectivity index (χ0v) is 15.0. The lowest BCUT2D eigenvalue weighted by Gasteiger charge is -2.18. The van der Waals surface area contributed by atoms with Gasteiger partial charge in [-0.3, -0.25) is 4.79 Å². The highest BCUT2D eigenvalue weighted by molar-refractivity contribution is 5.85. The van der Waals surface area contributed by atoms with Crippen LogP contribution < -0.4 is 5.73 Å². The van der Waals surface area contributed by atoms with Crippen LogP contribution in [0.25, 0.3) is 0 Å². The lowest BCUT2D eigenvalue weighted by Crippen LogP contribution is -2.33. The van der Waals surface area contributed by atoms with E-state index in [1.165, 1.54) is 17.5 Å². The van der Waals surface area contributed by atoms with Gasteiger partial charge in [0.2, 0.25) is 5.91 Å². The summed E-state index contributed by atoms with van der Waals surface area (Å²) >= 11 is 0. The Morgan fingerprint density at radius 2 is 1.91 bits per heavy atom. The third-order valence-corrected chi connectivity index (χ3v) is 5.54. The van der Waals surface area contributed by atoms with E-state index in [2.05, 4.69) is 43.0 Å². The Kier molecular flexibility index (Phi) is 6.10. The number of fused-ring (bicyclic) bond motifs is 1. The lowest BCUT2D eigenvalue weighted by atomic mass is 9.98. The highest BCUT2D eigenvalue weighted by Gasteiger charge is 2.42. The van der Waals surface area contributed by atoms with Gasteiger partial charge in [-0.15, -0.1) is 12.4 Å². The van der Waals surface area contributed by atoms with Crippen molar-refractivity contribution in [3.05, 3.63) is 35.4 Å². The van der Waals surface area contributed by atoms with Crippen molar-refractivity contribution in [2.24, 2.45) is 17.6 Å². The second-order valence-electron chi connectivity index (χ2n) is 7.36. The minimum Gasteiger partial charge on any atom is -0.342 e. The number of nitrogens with two attached hydrogens (primary N) is 1. The van der Waals surface area contributed by atoms with Crippen LogP contribution in [0.15, 0.2) is 24.3 Å². The number of carbonyl (C=O) groups is 1. The predicted molar refractivity (Wildman–Crippen MR) is 96.9 cm³/mol. The van der Waals surface area contributed by atoms with Gasteiger partial charge < -0.3 is 10.6 Å². The second kappa shape index (κ2) is 7.67. The number of rotatable bonds is 4. The molecular formula is C19H29ClN2O. The Bertz CT molecular complexity index is 529. The van der Waals surface area contributed by atoms with E-state index in [0.717, 1.165) is 25.9 Å². The Labute approximate surface area is 146 Å². The van der Waals surface area contributed by atoms with Crippen LogP contribution in [0.1, 0.15) is 50.2 Å². The molecule has 1 saturated heterocycles. The molecule has 1 aliphatic carbocycles. The maximum atomic E-state index is 12.4. The zero-order valence-electron chi connectivity index (χ0n) is 14.2. The van der Waals surface area contributed by atoms with E-state index < -0.39 is 0 Å². The second-order valence-corrected chi connectivity index (χ2v) is 7.36. The molecule has 2 N–H and O–H groups in total. The predicted octanol–water partition coefficient (Wildman–Crippen LogP) is 3.36. The molecule has 3 atom stereocenters. The molecule has 1 saturated carbocycles. The molecule has 3 rings (SSSR count). The van der Waals surface area contributed by atoms with Crippen LogP contribution in [0.3, 0.4) is 0 Å². The summed E-state index contributed by atoms with van der Waals surface area (Å²) in [5.74, 6) is 2.07. The summed E-state index contributed by atoms with van der Waals surface area (Å²) in [6.07, 6.45) is 3.80. The summed E-state index contributed by atoms with van der Waals surface area (Å²) in [5, 5.41) is 0. The van der Waals surface area contributed by atoms with Crippen LogP contribution in [0.5, 0.6) is 0 Å². The number of amides is 1. The maximum Gasteiger partial charge on any atom is 0.222 e. The van der Waals surface area contributed by atoms with Crippen molar-refractivity contribution < 1.29 is 4.79 Å². The van der Waals surface area contributed by atoms with E-state index in [9.17, 15) is 4.79 Å². The van der Waals surface area contributed by atoms with Crippen LogP contribution in [-0.4, -0.2) is 29.9 Å². The molecule has 0 bridgehead atoms. The van der Waals surface area contributed by atoms with Gasteiger partial charge in [-0.05, 0) is 48.1 Å². The van der Waals surface area contributed by atoms with Crippen molar-refractivity contribution in [3.8, 4) is 0 Å². The molecule has 3 nitrogen and oxygen atoms in total. The molecule has 23 heavy (non-hydrogen) atoms. The van der Waals surface area contributed by atoms with Gasteiger partial charge in [0.05, 0.1) is 0 Å². The maximum absolute atomic E-state index is 12.4. The van der Waals surface area contributed by atoms with Gasteiger partial charge in [-0.1, -0.05) is 38.1 Å². The first-order valence-electron chi connectivity index (χ1n) is 8.67. The topological polar surface area (TPSA) is 46.3 Å². The van der Waals surface area contributed by atoms with Crippen molar-refractivity contribution in [1.29, 1.82) is 0 Å². The summed E-state index contributed by atoms with van der Waals surface area (Å²) in [6.45, 7) is 6.22. The molecule has 1 aliphatic heterocycles. The van der Waals surface area contributed by atoms with Crippen LogP contribution >= 0.6 is 12.4 Å². The fourth-order valence-electron chi connectivity index (χ4n) is 3.99. The van der Waals surface area contributed by atoms with Crippen LogP contribution in [0.4, 0.5) is 0 Å². The Morgan fingerprint density at radius 1 is 1.22 bits per heavy atom. The smallest absolute Gasteiger partial charge is 0.222 e. The normalized spacial score (nSPS) is 26.3. The summed E-state index contributed by atoms with van der Waals surface area (Å²) in [4.78, 5) is 14.5. The highest BCUT2D eigenvalue weighted by Crippen LogP contribution is 2.37. The number of likely N-dealkylation sites (tertiary alicyclic amines) is 1. The van der Waals surface area contributed by atoms with E-state index in [0.29, 0.717) is 36.1 Å². The van der Waals surface area contributed by atoms with Gasteiger partial charge in [0.15, 0.2) is 0 Å². The standard InChI is InChI=1S/C19H28N2O.ClH/c1-13(2)15-6-3-14(4-7-15)5-10-19(22)21-11-16-8-9-18(20)17(16)12-21;/h3-4,6-7,13,16-18H,5,8-12,20H2,1-2H3;1H. The Hall–Kier alpha value is -1.06. The number of nitrogens with zero attached hydrogens (tertiary/aromatic N) is 1. The van der Waals surface area contributed by atoms with Gasteiger partial charge >= 0.3 is 0 Å². The number of benzene rings is 1. The summed E-state index contributed by atoms with van der Waals surface area (Å²) in [6, 6.07) is 9.01. The van der Waals surface area contributed by atoms with Crippen molar-refractivity contribution in [2.75, 3.05) is 13.1 Å². The highest BCUT2D eigenvalue weighted by atomic mass is 35.5. The lowest BCUT2D eigenvalue weighted by molar-refractivity contribution is -0.130. The number of halogens is 1. The monoisotopic (exact) mass is 336 g/mol. The third-order valence-electron chi connectivity index (χ3n) is 5.54. The van der Waals surface area contributed by atoms with Gasteiger partial charge in [-0.25, -0.2) is 0 Å². The molecule has 128 valence electrons. The number of hydrogen-bond donors (Lipinski definition) is 1. The van der Waals surface area contributed by atoms with Crippen molar-refractivity contribution in [3.63, 3.8) is 0 Å². The van der Waals surface area contributed by atoms with Crippen molar-refractivity contribution >= 4 is 18.3 Å². The molecule has 3 unspecified atom stereocenters. The molecular weight excluding hydrogens is 308 g/mol. The number of carbonyl (C=O) groups excluding carboxylic acids is 1. The molecule has 1 aromatic carbocycles. The minimum atomic E-state index is 0. The molecule has 0 spiro atoms. The molecule has 1 heterocycles.